The van der Waals surface area contributed by atoms with E-state index in [9.17, 15) is 0 Å². The maximum absolute atomic E-state index is 5.85. The smallest absolute Gasteiger partial charge is 0.0864 e. The van der Waals surface area contributed by atoms with Crippen molar-refractivity contribution in [3.63, 3.8) is 0 Å². The Balaban J connectivity index is 2.46. The standard InChI is InChI=1S/C11H14BrN/c12-11(13)10-7-3-5-8-4-1-2-6-9(8)10/h3,5,7,11H,1-2,4,6,13H2. The van der Waals surface area contributed by atoms with E-state index in [0.717, 1.165) is 0 Å². The van der Waals surface area contributed by atoms with Gasteiger partial charge in [-0.1, -0.05) is 34.1 Å². The fourth-order valence-corrected chi connectivity index (χ4v) is 2.50. The van der Waals surface area contributed by atoms with Crippen LogP contribution in [0.15, 0.2) is 18.2 Å². The zero-order valence-corrected chi connectivity index (χ0v) is 9.18. The van der Waals surface area contributed by atoms with E-state index in [2.05, 4.69) is 34.1 Å². The van der Waals surface area contributed by atoms with Crippen LogP contribution in [0.25, 0.3) is 0 Å². The summed E-state index contributed by atoms with van der Waals surface area (Å²) in [7, 11) is 0. The molecule has 1 aliphatic carbocycles. The molecule has 0 heterocycles. The van der Waals surface area contributed by atoms with Crippen LogP contribution in [-0.4, -0.2) is 0 Å². The van der Waals surface area contributed by atoms with Gasteiger partial charge in [-0.25, -0.2) is 0 Å². The Morgan fingerprint density at radius 2 is 2.00 bits per heavy atom. The molecule has 1 nitrogen and oxygen atoms in total. The van der Waals surface area contributed by atoms with E-state index in [-0.39, 0.29) is 4.95 Å². The molecule has 2 N–H and O–H groups in total. The number of fused-ring (bicyclic) bond motifs is 1. The first kappa shape index (κ1) is 9.22. The van der Waals surface area contributed by atoms with E-state index in [1.54, 1.807) is 0 Å². The predicted molar refractivity (Wildman–Crippen MR) is 58.9 cm³/mol. The zero-order chi connectivity index (χ0) is 9.26. The number of hydrogen-bond donors (Lipinski definition) is 1. The van der Waals surface area contributed by atoms with Gasteiger partial charge < -0.3 is 5.73 Å². The van der Waals surface area contributed by atoms with Crippen LogP contribution in [-0.2, 0) is 12.8 Å². The number of benzene rings is 1. The first-order valence-corrected chi connectivity index (χ1v) is 5.71. The molecule has 0 amide bonds. The van der Waals surface area contributed by atoms with Gasteiger partial charge in [-0.3, -0.25) is 0 Å². The molecule has 1 aliphatic rings. The zero-order valence-electron chi connectivity index (χ0n) is 7.59. The van der Waals surface area contributed by atoms with Crippen molar-refractivity contribution in [3.05, 3.63) is 34.9 Å². The molecule has 0 radical (unpaired) electrons. The fourth-order valence-electron chi connectivity index (χ4n) is 2.07. The molecule has 1 aromatic rings. The summed E-state index contributed by atoms with van der Waals surface area (Å²) in [6.45, 7) is 0. The van der Waals surface area contributed by atoms with Gasteiger partial charge in [-0.05, 0) is 42.4 Å². The molecule has 2 rings (SSSR count). The van der Waals surface area contributed by atoms with Crippen molar-refractivity contribution in [2.45, 2.75) is 30.6 Å². The van der Waals surface area contributed by atoms with E-state index >= 15 is 0 Å². The summed E-state index contributed by atoms with van der Waals surface area (Å²) in [6, 6.07) is 6.47. The number of alkyl halides is 1. The van der Waals surface area contributed by atoms with E-state index in [1.807, 2.05) is 0 Å². The minimum absolute atomic E-state index is 0.000509. The highest BCUT2D eigenvalue weighted by Gasteiger charge is 2.14. The van der Waals surface area contributed by atoms with Gasteiger partial charge in [-0.15, -0.1) is 0 Å². The summed E-state index contributed by atoms with van der Waals surface area (Å²) in [5.74, 6) is 0. The van der Waals surface area contributed by atoms with Crippen LogP contribution in [0, 0.1) is 0 Å². The van der Waals surface area contributed by atoms with Crippen molar-refractivity contribution in [2.24, 2.45) is 5.73 Å². The van der Waals surface area contributed by atoms with Gasteiger partial charge in [0.1, 0.15) is 0 Å². The van der Waals surface area contributed by atoms with Gasteiger partial charge in [0.25, 0.3) is 0 Å². The Bertz CT molecular complexity index is 307. The quantitative estimate of drug-likeness (QED) is 0.592. The van der Waals surface area contributed by atoms with Crippen molar-refractivity contribution >= 4 is 15.9 Å². The molecule has 1 atom stereocenters. The second-order valence-corrected chi connectivity index (χ2v) is 4.58. The van der Waals surface area contributed by atoms with Gasteiger partial charge in [0.15, 0.2) is 0 Å². The number of halogens is 1. The molecule has 13 heavy (non-hydrogen) atoms. The Morgan fingerprint density at radius 3 is 2.77 bits per heavy atom. The van der Waals surface area contributed by atoms with Crippen LogP contribution in [0.1, 0.15) is 34.5 Å². The fraction of sp³-hybridized carbons (Fsp3) is 0.455. The van der Waals surface area contributed by atoms with E-state index in [1.165, 1.54) is 42.4 Å². The average molecular weight is 240 g/mol. The van der Waals surface area contributed by atoms with Gasteiger partial charge in [0.2, 0.25) is 0 Å². The van der Waals surface area contributed by atoms with Crippen LogP contribution in [0.3, 0.4) is 0 Å². The number of aryl methyl sites for hydroxylation is 1. The monoisotopic (exact) mass is 239 g/mol. The summed E-state index contributed by atoms with van der Waals surface area (Å²) in [6.07, 6.45) is 5.06. The predicted octanol–water partition coefficient (Wildman–Crippen LogP) is 2.92. The lowest BCUT2D eigenvalue weighted by molar-refractivity contribution is 0.678. The van der Waals surface area contributed by atoms with E-state index in [0.29, 0.717) is 0 Å². The molecule has 1 unspecified atom stereocenters. The summed E-state index contributed by atoms with van der Waals surface area (Å²) >= 11 is 3.44. The third-order valence-electron chi connectivity index (χ3n) is 2.73. The van der Waals surface area contributed by atoms with Crippen LogP contribution in [0.4, 0.5) is 0 Å². The number of hydrogen-bond acceptors (Lipinski definition) is 1. The first-order chi connectivity index (χ1) is 6.29. The summed E-state index contributed by atoms with van der Waals surface area (Å²) in [5.41, 5.74) is 10.1. The minimum Gasteiger partial charge on any atom is -0.315 e. The Labute approximate surface area is 87.5 Å². The molecule has 70 valence electrons. The Hall–Kier alpha value is -0.340. The summed E-state index contributed by atoms with van der Waals surface area (Å²) < 4.78 is 0. The van der Waals surface area contributed by atoms with Crippen LogP contribution >= 0.6 is 15.9 Å². The lowest BCUT2D eigenvalue weighted by Gasteiger charge is -2.20. The van der Waals surface area contributed by atoms with Crippen LogP contribution < -0.4 is 5.73 Å². The third-order valence-corrected chi connectivity index (χ3v) is 3.22. The van der Waals surface area contributed by atoms with Crippen molar-refractivity contribution in [2.75, 3.05) is 0 Å². The van der Waals surface area contributed by atoms with Gasteiger partial charge in [-0.2, -0.15) is 0 Å². The van der Waals surface area contributed by atoms with Gasteiger partial charge in [0.05, 0.1) is 4.95 Å². The minimum atomic E-state index is 0.000509. The second kappa shape index (κ2) is 3.81. The molecule has 0 saturated carbocycles. The average Bonchev–Trinajstić information content (AvgIpc) is 2.17. The number of nitrogens with two attached hydrogens (primary N) is 1. The Kier molecular flexibility index (Phi) is 2.70. The van der Waals surface area contributed by atoms with Crippen LogP contribution in [0.2, 0.25) is 0 Å². The molecular formula is C11H14BrN. The molecule has 0 fully saturated rings. The molecular weight excluding hydrogens is 226 g/mol. The summed E-state index contributed by atoms with van der Waals surface area (Å²) in [4.78, 5) is 0.000509. The lowest BCUT2D eigenvalue weighted by atomic mass is 9.88. The topological polar surface area (TPSA) is 26.0 Å². The molecule has 2 heteroatoms. The van der Waals surface area contributed by atoms with Gasteiger partial charge in [0, 0.05) is 0 Å². The molecule has 0 saturated heterocycles. The first-order valence-electron chi connectivity index (χ1n) is 4.79. The van der Waals surface area contributed by atoms with Crippen LogP contribution in [0.5, 0.6) is 0 Å². The largest absolute Gasteiger partial charge is 0.315 e. The molecule has 0 aliphatic heterocycles. The molecule has 1 aromatic carbocycles. The molecule has 0 aromatic heterocycles. The SMILES string of the molecule is NC(Br)c1cccc2c1CCCC2. The molecule has 0 bridgehead atoms. The van der Waals surface area contributed by atoms with Crippen molar-refractivity contribution in [1.82, 2.24) is 0 Å². The van der Waals surface area contributed by atoms with Crippen molar-refractivity contribution < 1.29 is 0 Å². The van der Waals surface area contributed by atoms with Gasteiger partial charge >= 0.3 is 0 Å². The lowest BCUT2D eigenvalue weighted by Crippen LogP contribution is -2.11. The normalized spacial score (nSPS) is 18.0. The number of rotatable bonds is 1. The highest BCUT2D eigenvalue weighted by molar-refractivity contribution is 9.09. The maximum Gasteiger partial charge on any atom is 0.0864 e. The highest BCUT2D eigenvalue weighted by Crippen LogP contribution is 2.29. The third kappa shape index (κ3) is 1.79. The molecule has 0 spiro atoms. The Morgan fingerprint density at radius 1 is 1.23 bits per heavy atom. The van der Waals surface area contributed by atoms with Crippen molar-refractivity contribution in [3.8, 4) is 0 Å². The maximum atomic E-state index is 5.85. The summed E-state index contributed by atoms with van der Waals surface area (Å²) in [5, 5.41) is 0. The van der Waals surface area contributed by atoms with E-state index in [4.69, 9.17) is 5.73 Å². The van der Waals surface area contributed by atoms with E-state index < -0.39 is 0 Å². The van der Waals surface area contributed by atoms with Crippen molar-refractivity contribution in [1.29, 1.82) is 0 Å². The highest BCUT2D eigenvalue weighted by atomic mass is 79.9. The second-order valence-electron chi connectivity index (χ2n) is 3.59.